The SMILES string of the molecule is Cc1ccc(S(=O)(=O)NCC(N2CCNCC2)C(F)(F)F)cc1N(C)C.Cl. The second-order valence-electron chi connectivity index (χ2n) is 6.54. The Morgan fingerprint density at radius 2 is 1.85 bits per heavy atom. The summed E-state index contributed by atoms with van der Waals surface area (Å²) in [6.45, 7) is 2.47. The van der Waals surface area contributed by atoms with Gasteiger partial charge in [-0.15, -0.1) is 12.4 Å². The fraction of sp³-hybridized carbons (Fsp3) is 0.625. The average molecular weight is 431 g/mol. The molecule has 1 aliphatic heterocycles. The molecule has 0 aromatic heterocycles. The van der Waals surface area contributed by atoms with Crippen LogP contribution < -0.4 is 14.9 Å². The van der Waals surface area contributed by atoms with Gasteiger partial charge in [-0.3, -0.25) is 4.90 Å². The lowest BCUT2D eigenvalue weighted by Gasteiger charge is -2.35. The van der Waals surface area contributed by atoms with Gasteiger partial charge in [-0.05, 0) is 24.6 Å². The number of hydrogen-bond donors (Lipinski definition) is 2. The Morgan fingerprint density at radius 1 is 1.26 bits per heavy atom. The number of nitrogens with zero attached hydrogens (tertiary/aromatic N) is 2. The number of hydrogen-bond acceptors (Lipinski definition) is 5. The molecule has 1 saturated heterocycles. The van der Waals surface area contributed by atoms with Gasteiger partial charge in [0.1, 0.15) is 6.04 Å². The topological polar surface area (TPSA) is 64.7 Å². The summed E-state index contributed by atoms with van der Waals surface area (Å²) >= 11 is 0. The molecule has 1 aromatic rings. The van der Waals surface area contributed by atoms with Crippen molar-refractivity contribution in [2.24, 2.45) is 0 Å². The van der Waals surface area contributed by atoms with Crippen LogP contribution >= 0.6 is 12.4 Å². The van der Waals surface area contributed by atoms with Crippen LogP contribution in [0.2, 0.25) is 0 Å². The van der Waals surface area contributed by atoms with Gasteiger partial charge in [0, 0.05) is 52.5 Å². The Morgan fingerprint density at radius 3 is 2.37 bits per heavy atom. The molecule has 2 N–H and O–H groups in total. The van der Waals surface area contributed by atoms with E-state index in [2.05, 4.69) is 10.0 Å². The van der Waals surface area contributed by atoms with Crippen molar-refractivity contribution >= 4 is 28.1 Å². The van der Waals surface area contributed by atoms with E-state index in [4.69, 9.17) is 0 Å². The van der Waals surface area contributed by atoms with E-state index in [1.54, 1.807) is 25.1 Å². The van der Waals surface area contributed by atoms with Gasteiger partial charge in [-0.2, -0.15) is 13.2 Å². The Hall–Kier alpha value is -1.07. The van der Waals surface area contributed by atoms with Gasteiger partial charge in [-0.1, -0.05) is 6.07 Å². The van der Waals surface area contributed by atoms with Crippen molar-refractivity contribution < 1.29 is 21.6 Å². The van der Waals surface area contributed by atoms with Gasteiger partial charge in [0.25, 0.3) is 0 Å². The van der Waals surface area contributed by atoms with Crippen LogP contribution in [-0.2, 0) is 10.0 Å². The van der Waals surface area contributed by atoms with Crippen molar-refractivity contribution in [3.05, 3.63) is 23.8 Å². The van der Waals surface area contributed by atoms with Crippen LogP contribution in [0.25, 0.3) is 0 Å². The molecule has 1 fully saturated rings. The largest absolute Gasteiger partial charge is 0.405 e. The first-order valence-corrected chi connectivity index (χ1v) is 9.80. The summed E-state index contributed by atoms with van der Waals surface area (Å²) in [7, 11) is -0.498. The van der Waals surface area contributed by atoms with Crippen molar-refractivity contribution in [2.45, 2.75) is 24.0 Å². The molecular weight excluding hydrogens is 405 g/mol. The van der Waals surface area contributed by atoms with Crippen LogP contribution in [0.3, 0.4) is 0 Å². The lowest BCUT2D eigenvalue weighted by molar-refractivity contribution is -0.182. The number of piperazine rings is 1. The number of anilines is 1. The van der Waals surface area contributed by atoms with Crippen LogP contribution in [0.15, 0.2) is 23.1 Å². The molecular formula is C16H26ClF3N4O2S. The highest BCUT2D eigenvalue weighted by atomic mass is 35.5. The van der Waals surface area contributed by atoms with Crippen molar-refractivity contribution in [1.29, 1.82) is 0 Å². The summed E-state index contributed by atoms with van der Waals surface area (Å²) in [5.74, 6) is 0. The number of aryl methyl sites for hydroxylation is 1. The third kappa shape index (κ3) is 6.21. The van der Waals surface area contributed by atoms with Crippen molar-refractivity contribution in [2.75, 3.05) is 51.7 Å². The fourth-order valence-electron chi connectivity index (χ4n) is 2.96. The summed E-state index contributed by atoms with van der Waals surface area (Å²) in [6.07, 6.45) is -4.51. The molecule has 0 bridgehead atoms. The quantitative estimate of drug-likeness (QED) is 0.717. The molecule has 0 aliphatic carbocycles. The number of benzene rings is 1. The zero-order chi connectivity index (χ0) is 19.5. The second-order valence-corrected chi connectivity index (χ2v) is 8.30. The van der Waals surface area contributed by atoms with Gasteiger partial charge in [0.2, 0.25) is 10.0 Å². The van der Waals surface area contributed by atoms with E-state index >= 15 is 0 Å². The van der Waals surface area contributed by atoms with Crippen molar-refractivity contribution in [3.63, 3.8) is 0 Å². The zero-order valence-electron chi connectivity index (χ0n) is 15.5. The third-order valence-corrected chi connectivity index (χ3v) is 5.83. The maximum Gasteiger partial charge on any atom is 0.405 e. The fourth-order valence-corrected chi connectivity index (χ4v) is 4.01. The Kier molecular flexibility index (Phi) is 8.36. The summed E-state index contributed by atoms with van der Waals surface area (Å²) < 4.78 is 67.4. The van der Waals surface area contributed by atoms with E-state index in [0.717, 1.165) is 5.56 Å². The molecule has 0 amide bonds. The van der Waals surface area contributed by atoms with E-state index in [9.17, 15) is 21.6 Å². The Balaban J connectivity index is 0.00000364. The molecule has 27 heavy (non-hydrogen) atoms. The number of halogens is 4. The van der Waals surface area contributed by atoms with Crippen molar-refractivity contribution in [3.8, 4) is 0 Å². The lowest BCUT2D eigenvalue weighted by atomic mass is 10.2. The highest BCUT2D eigenvalue weighted by Gasteiger charge is 2.44. The van der Waals surface area contributed by atoms with E-state index in [1.165, 1.54) is 17.0 Å². The van der Waals surface area contributed by atoms with Gasteiger partial charge in [0.05, 0.1) is 4.90 Å². The minimum Gasteiger partial charge on any atom is -0.377 e. The van der Waals surface area contributed by atoms with Crippen LogP contribution in [-0.4, -0.2) is 72.4 Å². The van der Waals surface area contributed by atoms with Crippen LogP contribution in [0.5, 0.6) is 0 Å². The Bertz CT molecular complexity index is 723. The van der Waals surface area contributed by atoms with Crippen LogP contribution in [0.1, 0.15) is 5.56 Å². The highest BCUT2D eigenvalue weighted by Crippen LogP contribution is 2.26. The maximum absolute atomic E-state index is 13.4. The molecule has 1 unspecified atom stereocenters. The monoisotopic (exact) mass is 430 g/mol. The van der Waals surface area contributed by atoms with Gasteiger partial charge < -0.3 is 10.2 Å². The first-order chi connectivity index (χ1) is 12.0. The summed E-state index contributed by atoms with van der Waals surface area (Å²) in [5.41, 5.74) is 1.57. The van der Waals surface area contributed by atoms with Crippen molar-refractivity contribution in [1.82, 2.24) is 14.9 Å². The van der Waals surface area contributed by atoms with Gasteiger partial charge in [-0.25, -0.2) is 13.1 Å². The molecule has 6 nitrogen and oxygen atoms in total. The molecule has 2 rings (SSSR count). The van der Waals surface area contributed by atoms with E-state index in [-0.39, 0.29) is 30.4 Å². The normalized spacial score (nSPS) is 17.3. The average Bonchev–Trinajstić information content (AvgIpc) is 2.54. The molecule has 1 aromatic carbocycles. The standard InChI is InChI=1S/C16H25F3N4O2S.ClH/c1-12-4-5-13(10-14(12)22(2)3)26(24,25)21-11-15(16(17,18)19)23-8-6-20-7-9-23;/h4-5,10,15,20-21H,6-9,11H2,1-3H3;1H. The smallest absolute Gasteiger partial charge is 0.377 e. The van der Waals surface area contributed by atoms with E-state index < -0.39 is 28.8 Å². The minimum absolute atomic E-state index is 0. The first-order valence-electron chi connectivity index (χ1n) is 8.31. The van der Waals surface area contributed by atoms with Crippen LogP contribution in [0.4, 0.5) is 18.9 Å². The maximum atomic E-state index is 13.4. The summed E-state index contributed by atoms with van der Waals surface area (Å²) in [4.78, 5) is 2.97. The summed E-state index contributed by atoms with van der Waals surface area (Å²) in [6, 6.07) is 2.66. The molecule has 1 aliphatic rings. The lowest BCUT2D eigenvalue weighted by Crippen LogP contribution is -2.57. The molecule has 0 spiro atoms. The van der Waals surface area contributed by atoms with E-state index in [1.807, 2.05) is 6.92 Å². The number of alkyl halides is 3. The van der Waals surface area contributed by atoms with Gasteiger partial charge in [0.15, 0.2) is 0 Å². The molecule has 1 heterocycles. The number of rotatable bonds is 6. The van der Waals surface area contributed by atoms with E-state index in [0.29, 0.717) is 18.8 Å². The zero-order valence-corrected chi connectivity index (χ0v) is 17.1. The van der Waals surface area contributed by atoms with Gasteiger partial charge >= 0.3 is 6.18 Å². The number of sulfonamides is 1. The molecule has 156 valence electrons. The second kappa shape index (κ2) is 9.42. The number of nitrogens with one attached hydrogen (secondary N) is 2. The highest BCUT2D eigenvalue weighted by molar-refractivity contribution is 7.89. The minimum atomic E-state index is -4.51. The van der Waals surface area contributed by atoms with Crippen LogP contribution in [0, 0.1) is 6.92 Å². The first kappa shape index (κ1) is 24.0. The third-order valence-electron chi connectivity index (χ3n) is 4.41. The summed E-state index contributed by atoms with van der Waals surface area (Å²) in [5, 5.41) is 2.99. The predicted molar refractivity (Wildman–Crippen MR) is 102 cm³/mol. The molecule has 0 radical (unpaired) electrons. The molecule has 1 atom stereocenters. The Labute approximate surface area is 164 Å². The molecule has 0 saturated carbocycles. The predicted octanol–water partition coefficient (Wildman–Crippen LogP) is 1.60. The molecule has 11 heteroatoms.